The van der Waals surface area contributed by atoms with Crippen LogP contribution in [0.2, 0.25) is 15.1 Å². The van der Waals surface area contributed by atoms with Gasteiger partial charge >= 0.3 is 0 Å². The fraction of sp³-hybridized carbons (Fsp3) is 0.391. The maximum Gasteiger partial charge on any atom is 0.243 e. The lowest BCUT2D eigenvalue weighted by Crippen LogP contribution is -2.51. The van der Waals surface area contributed by atoms with Crippen LogP contribution in [-0.4, -0.2) is 34.6 Å². The summed E-state index contributed by atoms with van der Waals surface area (Å²) in [6.07, 6.45) is 0.474. The number of nitrogens with zero attached hydrogens (tertiary/aromatic N) is 1. The van der Waals surface area contributed by atoms with Gasteiger partial charge in [-0.05, 0) is 44.0 Å². The van der Waals surface area contributed by atoms with Crippen molar-refractivity contribution in [1.82, 2.24) is 10.2 Å². The molecule has 4 nitrogen and oxygen atoms in total. The summed E-state index contributed by atoms with van der Waals surface area (Å²) in [5.74, 6) is 0.462. The van der Waals surface area contributed by atoms with Gasteiger partial charge in [-0.1, -0.05) is 66.0 Å². The molecule has 0 aliphatic heterocycles. The van der Waals surface area contributed by atoms with E-state index in [1.807, 2.05) is 45.0 Å². The first-order valence-corrected chi connectivity index (χ1v) is 12.4. The molecule has 0 spiro atoms. The van der Waals surface area contributed by atoms with Crippen LogP contribution in [0.3, 0.4) is 0 Å². The Morgan fingerprint density at radius 3 is 2.19 bits per heavy atom. The molecule has 2 aromatic rings. The highest BCUT2D eigenvalue weighted by molar-refractivity contribution is 7.99. The number of hydrogen-bond acceptors (Lipinski definition) is 3. The molecule has 0 heterocycles. The van der Waals surface area contributed by atoms with Gasteiger partial charge in [-0.2, -0.15) is 0 Å². The van der Waals surface area contributed by atoms with Gasteiger partial charge in [0.2, 0.25) is 11.8 Å². The van der Waals surface area contributed by atoms with Gasteiger partial charge in [-0.3, -0.25) is 9.59 Å². The average molecular weight is 502 g/mol. The molecule has 168 valence electrons. The Hall–Kier alpha value is -1.40. The number of hydrogen-bond donors (Lipinski definition) is 1. The lowest BCUT2D eigenvalue weighted by molar-refractivity contribution is -0.139. The van der Waals surface area contributed by atoms with Crippen LogP contribution in [0.5, 0.6) is 0 Å². The van der Waals surface area contributed by atoms with E-state index in [-0.39, 0.29) is 30.2 Å². The van der Waals surface area contributed by atoms with Crippen LogP contribution in [-0.2, 0) is 21.9 Å². The third kappa shape index (κ3) is 7.60. The normalized spacial score (nSPS) is 12.0. The molecule has 0 aliphatic carbocycles. The molecule has 0 fully saturated rings. The number of amides is 2. The molecule has 31 heavy (non-hydrogen) atoms. The summed E-state index contributed by atoms with van der Waals surface area (Å²) in [5, 5.41) is 4.51. The van der Waals surface area contributed by atoms with Gasteiger partial charge in [0.05, 0.1) is 5.75 Å². The minimum atomic E-state index is -0.622. The van der Waals surface area contributed by atoms with Crippen molar-refractivity contribution >= 4 is 58.4 Å². The second-order valence-electron chi connectivity index (χ2n) is 7.39. The quantitative estimate of drug-likeness (QED) is 0.421. The fourth-order valence-electron chi connectivity index (χ4n) is 3.10. The largest absolute Gasteiger partial charge is 0.352 e. The second-order valence-corrected chi connectivity index (χ2v) is 9.60. The molecule has 1 atom stereocenters. The lowest BCUT2D eigenvalue weighted by Gasteiger charge is -2.31. The van der Waals surface area contributed by atoms with Crippen LogP contribution < -0.4 is 5.32 Å². The van der Waals surface area contributed by atoms with E-state index < -0.39 is 6.04 Å². The summed E-state index contributed by atoms with van der Waals surface area (Å²) in [6, 6.07) is 12.1. The Balaban J connectivity index is 2.21. The Labute approximate surface area is 203 Å². The van der Waals surface area contributed by atoms with Crippen molar-refractivity contribution in [3.05, 3.63) is 68.7 Å². The number of carbonyl (C=O) groups is 2. The van der Waals surface area contributed by atoms with Crippen LogP contribution in [0.15, 0.2) is 42.5 Å². The summed E-state index contributed by atoms with van der Waals surface area (Å²) in [4.78, 5) is 27.7. The molecule has 8 heteroatoms. The summed E-state index contributed by atoms with van der Waals surface area (Å²) in [5.41, 5.74) is 1.60. The van der Waals surface area contributed by atoms with Crippen LogP contribution in [0.25, 0.3) is 0 Å². The summed E-state index contributed by atoms with van der Waals surface area (Å²) in [6.45, 7) is 5.83. The zero-order valence-electron chi connectivity index (χ0n) is 17.8. The third-order valence-electron chi connectivity index (χ3n) is 4.65. The zero-order chi connectivity index (χ0) is 23.0. The first kappa shape index (κ1) is 25.9. The van der Waals surface area contributed by atoms with E-state index in [9.17, 15) is 9.59 Å². The van der Waals surface area contributed by atoms with E-state index in [0.717, 1.165) is 5.56 Å². The van der Waals surface area contributed by atoms with Gasteiger partial charge < -0.3 is 10.2 Å². The van der Waals surface area contributed by atoms with Crippen LogP contribution in [0.1, 0.15) is 38.3 Å². The van der Waals surface area contributed by atoms with Crippen molar-refractivity contribution in [2.75, 3.05) is 5.75 Å². The van der Waals surface area contributed by atoms with Crippen molar-refractivity contribution in [2.24, 2.45) is 0 Å². The van der Waals surface area contributed by atoms with E-state index in [0.29, 0.717) is 32.8 Å². The molecular weight excluding hydrogens is 475 g/mol. The minimum Gasteiger partial charge on any atom is -0.352 e. The molecule has 2 rings (SSSR count). The standard InChI is InChI=1S/C23H27Cl3N2O2S/c1-4-21(23(30)27-15(2)3)28(12-17-19(25)10-7-11-20(17)26)22(29)14-31-13-16-8-5-6-9-18(16)24/h5-11,15,21H,4,12-14H2,1-3H3,(H,27,30)/t21-/m1/s1. The van der Waals surface area contributed by atoms with Crippen LogP contribution >= 0.6 is 46.6 Å². The van der Waals surface area contributed by atoms with Gasteiger partial charge in [0, 0.05) is 39.0 Å². The van der Waals surface area contributed by atoms with Gasteiger partial charge in [0.25, 0.3) is 0 Å². The molecule has 2 amide bonds. The van der Waals surface area contributed by atoms with Crippen molar-refractivity contribution in [1.29, 1.82) is 0 Å². The van der Waals surface area contributed by atoms with E-state index >= 15 is 0 Å². The number of nitrogens with one attached hydrogen (secondary N) is 1. The number of rotatable bonds is 10. The first-order valence-electron chi connectivity index (χ1n) is 10.1. The SMILES string of the molecule is CC[C@H](C(=O)NC(C)C)N(Cc1c(Cl)cccc1Cl)C(=O)CSCc1ccccc1Cl. The average Bonchev–Trinajstić information content (AvgIpc) is 2.70. The van der Waals surface area contributed by atoms with E-state index in [1.54, 1.807) is 23.1 Å². The molecule has 0 saturated heterocycles. The van der Waals surface area contributed by atoms with Crippen LogP contribution in [0.4, 0.5) is 0 Å². The number of benzene rings is 2. The monoisotopic (exact) mass is 500 g/mol. The Morgan fingerprint density at radius 1 is 1.00 bits per heavy atom. The molecule has 0 radical (unpaired) electrons. The highest BCUT2D eigenvalue weighted by Gasteiger charge is 2.29. The molecule has 0 saturated carbocycles. The molecular formula is C23H27Cl3N2O2S. The Morgan fingerprint density at radius 2 is 1.61 bits per heavy atom. The second kappa shape index (κ2) is 12.6. The van der Waals surface area contributed by atoms with Crippen molar-refractivity contribution in [2.45, 2.75) is 51.6 Å². The fourth-order valence-corrected chi connectivity index (χ4v) is 4.81. The van der Waals surface area contributed by atoms with E-state index in [4.69, 9.17) is 34.8 Å². The minimum absolute atomic E-state index is 0.0306. The topological polar surface area (TPSA) is 49.4 Å². The van der Waals surface area contributed by atoms with Crippen molar-refractivity contribution in [3.8, 4) is 0 Å². The van der Waals surface area contributed by atoms with Gasteiger partial charge in [0.15, 0.2) is 0 Å². The number of carbonyl (C=O) groups excluding carboxylic acids is 2. The maximum atomic E-state index is 13.2. The third-order valence-corrected chi connectivity index (χ3v) is 6.69. The molecule has 1 N–H and O–H groups in total. The Bertz CT molecular complexity index is 888. The summed E-state index contributed by atoms with van der Waals surface area (Å²) in [7, 11) is 0. The summed E-state index contributed by atoms with van der Waals surface area (Å²) < 4.78 is 0. The van der Waals surface area contributed by atoms with Crippen molar-refractivity contribution in [3.63, 3.8) is 0 Å². The Kier molecular flexibility index (Phi) is 10.5. The van der Waals surface area contributed by atoms with E-state index in [1.165, 1.54) is 11.8 Å². The molecule has 0 unspecified atom stereocenters. The van der Waals surface area contributed by atoms with Gasteiger partial charge in [-0.15, -0.1) is 11.8 Å². The first-order chi connectivity index (χ1) is 14.7. The van der Waals surface area contributed by atoms with Crippen LogP contribution in [0, 0.1) is 0 Å². The molecule has 2 aromatic carbocycles. The summed E-state index contributed by atoms with van der Waals surface area (Å²) >= 11 is 20.4. The predicted octanol–water partition coefficient (Wildman–Crippen LogP) is 6.21. The lowest BCUT2D eigenvalue weighted by atomic mass is 10.1. The zero-order valence-corrected chi connectivity index (χ0v) is 20.9. The van der Waals surface area contributed by atoms with Crippen molar-refractivity contribution < 1.29 is 9.59 Å². The number of halogens is 3. The highest BCUT2D eigenvalue weighted by Crippen LogP contribution is 2.28. The van der Waals surface area contributed by atoms with Gasteiger partial charge in [-0.25, -0.2) is 0 Å². The predicted molar refractivity (Wildman–Crippen MR) is 132 cm³/mol. The van der Waals surface area contributed by atoms with E-state index in [2.05, 4.69) is 5.32 Å². The highest BCUT2D eigenvalue weighted by atomic mass is 35.5. The molecule has 0 aliphatic rings. The molecule has 0 aromatic heterocycles. The van der Waals surface area contributed by atoms with Gasteiger partial charge in [0.1, 0.15) is 6.04 Å². The maximum absolute atomic E-state index is 13.2. The molecule has 0 bridgehead atoms. The smallest absolute Gasteiger partial charge is 0.243 e. The number of thioether (sulfide) groups is 1.